The highest BCUT2D eigenvalue weighted by atomic mass is 79.9. The molecule has 0 N–H and O–H groups in total. The van der Waals surface area contributed by atoms with Crippen LogP contribution in [-0.2, 0) is 13.0 Å². The first-order valence-electron chi connectivity index (χ1n) is 7.42. The Morgan fingerprint density at radius 1 is 1.35 bits per heavy atom. The number of hydrogen-bond donors (Lipinski definition) is 0. The zero-order valence-corrected chi connectivity index (χ0v) is 13.8. The molecule has 2 aliphatic rings. The summed E-state index contributed by atoms with van der Waals surface area (Å²) in [5.74, 6) is 2.76. The van der Waals surface area contributed by atoms with Gasteiger partial charge in [-0.25, -0.2) is 4.98 Å². The lowest BCUT2D eigenvalue weighted by atomic mass is 10.0. The first-order chi connectivity index (χ1) is 9.72. The summed E-state index contributed by atoms with van der Waals surface area (Å²) >= 11 is 9.50. The lowest BCUT2D eigenvalue weighted by molar-refractivity contribution is 0.369. The van der Waals surface area contributed by atoms with Crippen molar-refractivity contribution < 1.29 is 0 Å². The van der Waals surface area contributed by atoms with Crippen molar-refractivity contribution in [3.8, 4) is 0 Å². The minimum absolute atomic E-state index is 0.585. The molecule has 0 atom stereocenters. The van der Waals surface area contributed by atoms with Gasteiger partial charge in [-0.15, -0.1) is 11.6 Å². The first-order valence-corrected chi connectivity index (χ1v) is 8.75. The van der Waals surface area contributed by atoms with Gasteiger partial charge >= 0.3 is 0 Å². The average Bonchev–Trinajstić information content (AvgIpc) is 3.30. The Kier molecular flexibility index (Phi) is 3.11. The van der Waals surface area contributed by atoms with Crippen LogP contribution in [0, 0.1) is 11.3 Å². The first kappa shape index (κ1) is 13.1. The molecule has 0 aliphatic heterocycles. The number of aryl methyl sites for hydroxylation is 1. The second-order valence-electron chi connectivity index (χ2n) is 6.32. The Labute approximate surface area is 132 Å². The van der Waals surface area contributed by atoms with Crippen LogP contribution in [0.25, 0.3) is 11.0 Å². The molecule has 0 saturated heterocycles. The van der Waals surface area contributed by atoms with Gasteiger partial charge in [-0.1, -0.05) is 15.9 Å². The number of aromatic nitrogens is 2. The zero-order valence-electron chi connectivity index (χ0n) is 11.4. The molecule has 1 heterocycles. The summed E-state index contributed by atoms with van der Waals surface area (Å²) in [5, 5.41) is 0. The Hall–Kier alpha value is -0.540. The smallest absolute Gasteiger partial charge is 0.111 e. The molecular weight excluding hydrogens is 336 g/mol. The number of imidazole rings is 1. The van der Waals surface area contributed by atoms with E-state index in [4.69, 9.17) is 16.6 Å². The van der Waals surface area contributed by atoms with Gasteiger partial charge in [0.2, 0.25) is 0 Å². The summed E-state index contributed by atoms with van der Waals surface area (Å²) in [5.41, 5.74) is 2.94. The van der Waals surface area contributed by atoms with Crippen molar-refractivity contribution in [3.63, 3.8) is 0 Å². The van der Waals surface area contributed by atoms with Crippen LogP contribution in [0.2, 0.25) is 0 Å². The van der Waals surface area contributed by atoms with Crippen molar-refractivity contribution in [2.45, 2.75) is 38.6 Å². The van der Waals surface area contributed by atoms with E-state index in [1.165, 1.54) is 31.2 Å². The van der Waals surface area contributed by atoms with Gasteiger partial charge in [0.15, 0.2) is 0 Å². The van der Waals surface area contributed by atoms with Gasteiger partial charge in [0.25, 0.3) is 0 Å². The topological polar surface area (TPSA) is 17.8 Å². The van der Waals surface area contributed by atoms with Crippen molar-refractivity contribution in [3.05, 3.63) is 28.5 Å². The molecule has 4 heteroatoms. The molecule has 2 nitrogen and oxygen atoms in total. The average molecular weight is 354 g/mol. The molecule has 0 spiro atoms. The van der Waals surface area contributed by atoms with Crippen LogP contribution in [0.15, 0.2) is 22.7 Å². The monoisotopic (exact) mass is 352 g/mol. The van der Waals surface area contributed by atoms with Gasteiger partial charge in [0.1, 0.15) is 5.82 Å². The molecule has 2 fully saturated rings. The highest BCUT2D eigenvalue weighted by Gasteiger charge is 2.54. The lowest BCUT2D eigenvalue weighted by Gasteiger charge is -2.17. The fourth-order valence-corrected chi connectivity index (χ4v) is 3.99. The van der Waals surface area contributed by atoms with E-state index >= 15 is 0 Å². The normalized spacial score (nSPS) is 20.5. The van der Waals surface area contributed by atoms with Gasteiger partial charge in [-0.05, 0) is 55.2 Å². The molecule has 0 amide bonds. The molecule has 0 bridgehead atoms. The van der Waals surface area contributed by atoms with Gasteiger partial charge in [-0.3, -0.25) is 0 Å². The quantitative estimate of drug-likeness (QED) is 0.708. The van der Waals surface area contributed by atoms with Crippen molar-refractivity contribution in [2.24, 2.45) is 11.3 Å². The van der Waals surface area contributed by atoms with Crippen LogP contribution in [-0.4, -0.2) is 15.4 Å². The van der Waals surface area contributed by atoms with Crippen LogP contribution in [0.5, 0.6) is 0 Å². The minimum atomic E-state index is 0.585. The lowest BCUT2D eigenvalue weighted by Crippen LogP contribution is -2.16. The van der Waals surface area contributed by atoms with Crippen molar-refractivity contribution in [2.75, 3.05) is 5.88 Å². The predicted octanol–water partition coefficient (Wildman–Crippen LogP) is 4.77. The third-order valence-corrected chi connectivity index (χ3v) is 5.60. The van der Waals surface area contributed by atoms with Gasteiger partial charge in [0, 0.05) is 23.3 Å². The summed E-state index contributed by atoms with van der Waals surface area (Å²) in [6.07, 6.45) is 6.52. The predicted molar refractivity (Wildman–Crippen MR) is 86.2 cm³/mol. The maximum atomic E-state index is 5.97. The van der Waals surface area contributed by atoms with E-state index in [1.54, 1.807) is 0 Å². The van der Waals surface area contributed by atoms with E-state index in [0.29, 0.717) is 11.3 Å². The molecule has 2 aliphatic carbocycles. The molecule has 0 radical (unpaired) electrons. The summed E-state index contributed by atoms with van der Waals surface area (Å²) in [6, 6.07) is 6.41. The van der Waals surface area contributed by atoms with Crippen LogP contribution >= 0.6 is 27.5 Å². The number of alkyl halides is 1. The molecular formula is C16H18BrClN2. The number of halogens is 2. The van der Waals surface area contributed by atoms with E-state index < -0.39 is 0 Å². The second kappa shape index (κ2) is 4.74. The Bertz CT molecular complexity index is 656. The van der Waals surface area contributed by atoms with E-state index in [-0.39, 0.29) is 0 Å². The van der Waals surface area contributed by atoms with E-state index in [0.717, 1.165) is 34.7 Å². The molecule has 106 valence electrons. The molecule has 2 aromatic rings. The SMILES string of the molecule is ClCCc1nc2cc(Br)ccc2n1CC1(C2CC2)CC1. The van der Waals surface area contributed by atoms with Crippen LogP contribution in [0.4, 0.5) is 0 Å². The number of fused-ring (bicyclic) bond motifs is 1. The standard InChI is InChI=1S/C16H18BrClN2/c17-12-3-4-14-13(9-12)19-15(5-8-18)20(14)10-16(6-7-16)11-1-2-11/h3-4,9,11H,1-2,5-8,10H2. The largest absolute Gasteiger partial charge is 0.327 e. The second-order valence-corrected chi connectivity index (χ2v) is 7.62. The summed E-state index contributed by atoms with van der Waals surface area (Å²) in [4.78, 5) is 4.80. The molecule has 4 rings (SSSR count). The summed E-state index contributed by atoms with van der Waals surface area (Å²) in [6.45, 7) is 1.14. The summed E-state index contributed by atoms with van der Waals surface area (Å²) < 4.78 is 3.53. The fraction of sp³-hybridized carbons (Fsp3) is 0.562. The Morgan fingerprint density at radius 3 is 2.80 bits per heavy atom. The number of nitrogens with zero attached hydrogens (tertiary/aromatic N) is 2. The minimum Gasteiger partial charge on any atom is -0.327 e. The maximum absolute atomic E-state index is 5.97. The maximum Gasteiger partial charge on any atom is 0.111 e. The highest BCUT2D eigenvalue weighted by molar-refractivity contribution is 9.10. The fourth-order valence-electron chi connectivity index (χ4n) is 3.47. The molecule has 1 aromatic heterocycles. The van der Waals surface area contributed by atoms with Crippen LogP contribution in [0.3, 0.4) is 0 Å². The number of benzene rings is 1. The Balaban J connectivity index is 1.76. The molecule has 1 aromatic carbocycles. The van der Waals surface area contributed by atoms with Gasteiger partial charge < -0.3 is 4.57 Å². The van der Waals surface area contributed by atoms with E-state index in [2.05, 4.69) is 38.7 Å². The van der Waals surface area contributed by atoms with Crippen molar-refractivity contribution in [1.82, 2.24) is 9.55 Å². The van der Waals surface area contributed by atoms with Crippen molar-refractivity contribution in [1.29, 1.82) is 0 Å². The summed E-state index contributed by atoms with van der Waals surface area (Å²) in [7, 11) is 0. The van der Waals surface area contributed by atoms with Crippen LogP contribution in [0.1, 0.15) is 31.5 Å². The molecule has 20 heavy (non-hydrogen) atoms. The van der Waals surface area contributed by atoms with Crippen molar-refractivity contribution >= 4 is 38.6 Å². The zero-order chi connectivity index (χ0) is 13.7. The highest BCUT2D eigenvalue weighted by Crippen LogP contribution is 2.62. The Morgan fingerprint density at radius 2 is 2.15 bits per heavy atom. The molecule has 2 saturated carbocycles. The van der Waals surface area contributed by atoms with Gasteiger partial charge in [0.05, 0.1) is 11.0 Å². The molecule has 0 unspecified atom stereocenters. The third kappa shape index (κ3) is 2.19. The van der Waals surface area contributed by atoms with Gasteiger partial charge in [-0.2, -0.15) is 0 Å². The third-order valence-electron chi connectivity index (χ3n) is 4.92. The number of hydrogen-bond acceptors (Lipinski definition) is 1. The van der Waals surface area contributed by atoms with E-state index in [9.17, 15) is 0 Å². The number of rotatable bonds is 5. The van der Waals surface area contributed by atoms with E-state index in [1.807, 2.05) is 0 Å². The van der Waals surface area contributed by atoms with Crippen LogP contribution < -0.4 is 0 Å².